The van der Waals surface area contributed by atoms with Crippen molar-refractivity contribution >= 4 is 30.3 Å². The van der Waals surface area contributed by atoms with Gasteiger partial charge in [0.2, 0.25) is 5.91 Å². The number of urea groups is 1. The lowest BCUT2D eigenvalue weighted by Gasteiger charge is -2.22. The molecule has 0 bridgehead atoms. The highest BCUT2D eigenvalue weighted by atomic mass is 35.5. The van der Waals surface area contributed by atoms with Crippen LogP contribution in [0.2, 0.25) is 0 Å². The van der Waals surface area contributed by atoms with Crippen molar-refractivity contribution in [2.45, 2.75) is 26.3 Å². The van der Waals surface area contributed by atoms with E-state index in [-0.39, 0.29) is 24.9 Å². The van der Waals surface area contributed by atoms with Crippen molar-refractivity contribution in [3.05, 3.63) is 35.4 Å². The number of imide groups is 1. The summed E-state index contributed by atoms with van der Waals surface area (Å²) in [5.41, 5.74) is 0.618. The second-order valence-electron chi connectivity index (χ2n) is 6.02. The van der Waals surface area contributed by atoms with Crippen LogP contribution in [0, 0.1) is 6.92 Å². The molecule has 138 valence electrons. The molecule has 3 N–H and O–H groups in total. The van der Waals surface area contributed by atoms with Crippen LogP contribution in [0.5, 0.6) is 0 Å². The van der Waals surface area contributed by atoms with Gasteiger partial charge < -0.3 is 16.0 Å². The third-order valence-electron chi connectivity index (χ3n) is 4.08. The maximum Gasteiger partial charge on any atom is 0.325 e. The molecule has 0 saturated carbocycles. The molecule has 1 saturated heterocycles. The molecule has 1 aliphatic heterocycles. The molecule has 0 spiro atoms. The summed E-state index contributed by atoms with van der Waals surface area (Å²) in [4.78, 5) is 37.7. The monoisotopic (exact) mass is 368 g/mol. The van der Waals surface area contributed by atoms with Crippen LogP contribution in [0.15, 0.2) is 24.3 Å². The van der Waals surface area contributed by atoms with E-state index >= 15 is 0 Å². The van der Waals surface area contributed by atoms with E-state index in [0.29, 0.717) is 18.7 Å². The van der Waals surface area contributed by atoms with Crippen LogP contribution in [0.4, 0.5) is 4.79 Å². The molecule has 1 aromatic carbocycles. The van der Waals surface area contributed by atoms with Gasteiger partial charge in [0, 0.05) is 13.1 Å². The van der Waals surface area contributed by atoms with Crippen LogP contribution >= 0.6 is 12.4 Å². The van der Waals surface area contributed by atoms with Crippen LogP contribution in [0.1, 0.15) is 25.0 Å². The first-order valence-electron chi connectivity index (χ1n) is 8.07. The Labute approximate surface area is 153 Å². The molecule has 2 rings (SSSR count). The first-order chi connectivity index (χ1) is 11.4. The minimum absolute atomic E-state index is 0. The molecule has 25 heavy (non-hydrogen) atoms. The molecule has 0 aliphatic carbocycles. The van der Waals surface area contributed by atoms with Gasteiger partial charge in [-0.25, -0.2) is 4.79 Å². The number of nitrogens with one attached hydrogen (secondary N) is 3. The molecule has 8 heteroatoms. The topological polar surface area (TPSA) is 90.5 Å². The number of benzene rings is 1. The molecule has 1 heterocycles. The van der Waals surface area contributed by atoms with Crippen LogP contribution in [-0.2, 0) is 15.1 Å². The Morgan fingerprint density at radius 3 is 2.44 bits per heavy atom. The van der Waals surface area contributed by atoms with Crippen molar-refractivity contribution in [3.8, 4) is 0 Å². The van der Waals surface area contributed by atoms with Gasteiger partial charge in [-0.15, -0.1) is 12.4 Å². The smallest absolute Gasteiger partial charge is 0.325 e. The van der Waals surface area contributed by atoms with E-state index in [9.17, 15) is 14.4 Å². The van der Waals surface area contributed by atoms with E-state index < -0.39 is 17.5 Å². The predicted octanol–water partition coefficient (Wildman–Crippen LogP) is 0.910. The van der Waals surface area contributed by atoms with Gasteiger partial charge in [-0.1, -0.05) is 36.8 Å². The third-order valence-corrected chi connectivity index (χ3v) is 4.08. The molecule has 1 unspecified atom stereocenters. The quantitative estimate of drug-likeness (QED) is 0.493. The summed E-state index contributed by atoms with van der Waals surface area (Å²) >= 11 is 0. The standard InChI is InChI=1S/C17H24N4O3.ClH/c1-4-18-9-10-19-14(22)11-21-15(23)17(3,20-16(21)24)13-7-5-12(2)6-8-13;/h5-8,18H,4,9-11H2,1-3H3,(H,19,22)(H,20,24);1H. The van der Waals surface area contributed by atoms with E-state index in [1.54, 1.807) is 6.92 Å². The Balaban J connectivity index is 0.00000312. The molecule has 1 fully saturated rings. The van der Waals surface area contributed by atoms with Gasteiger partial charge in [0.25, 0.3) is 5.91 Å². The summed E-state index contributed by atoms with van der Waals surface area (Å²) in [7, 11) is 0. The van der Waals surface area contributed by atoms with Crippen molar-refractivity contribution in [2.24, 2.45) is 0 Å². The molecule has 7 nitrogen and oxygen atoms in total. The lowest BCUT2D eigenvalue weighted by molar-refractivity contribution is -0.134. The molecule has 1 atom stereocenters. The van der Waals surface area contributed by atoms with Gasteiger partial charge >= 0.3 is 6.03 Å². The summed E-state index contributed by atoms with van der Waals surface area (Å²) < 4.78 is 0. The zero-order valence-electron chi connectivity index (χ0n) is 14.7. The SMILES string of the molecule is CCNCCNC(=O)CN1C(=O)NC(C)(c2ccc(C)cc2)C1=O.Cl. The fourth-order valence-electron chi connectivity index (χ4n) is 2.59. The van der Waals surface area contributed by atoms with E-state index in [4.69, 9.17) is 0 Å². The van der Waals surface area contributed by atoms with Crippen molar-refractivity contribution in [1.82, 2.24) is 20.9 Å². The van der Waals surface area contributed by atoms with Crippen LogP contribution < -0.4 is 16.0 Å². The number of hydrogen-bond acceptors (Lipinski definition) is 4. The maximum atomic E-state index is 12.7. The van der Waals surface area contributed by atoms with E-state index in [1.807, 2.05) is 38.1 Å². The zero-order chi connectivity index (χ0) is 17.7. The number of rotatable bonds is 7. The molecule has 0 aromatic heterocycles. The van der Waals surface area contributed by atoms with E-state index in [1.165, 1.54) is 0 Å². The number of carbonyl (C=O) groups is 3. The Kier molecular flexibility index (Phi) is 7.38. The average Bonchev–Trinajstić information content (AvgIpc) is 2.76. The zero-order valence-corrected chi connectivity index (χ0v) is 15.5. The fourth-order valence-corrected chi connectivity index (χ4v) is 2.59. The Morgan fingerprint density at radius 2 is 1.84 bits per heavy atom. The Morgan fingerprint density at radius 1 is 1.20 bits per heavy atom. The summed E-state index contributed by atoms with van der Waals surface area (Å²) in [6, 6.07) is 6.85. The number of nitrogens with zero attached hydrogens (tertiary/aromatic N) is 1. The van der Waals surface area contributed by atoms with Crippen molar-refractivity contribution in [1.29, 1.82) is 0 Å². The van der Waals surface area contributed by atoms with Crippen LogP contribution in [0.3, 0.4) is 0 Å². The number of halogens is 1. The highest BCUT2D eigenvalue weighted by Gasteiger charge is 2.49. The Hall–Kier alpha value is -2.12. The summed E-state index contributed by atoms with van der Waals surface area (Å²) in [6.07, 6.45) is 0. The summed E-state index contributed by atoms with van der Waals surface area (Å²) in [5, 5.41) is 8.46. The largest absolute Gasteiger partial charge is 0.353 e. The summed E-state index contributed by atoms with van der Waals surface area (Å²) in [6.45, 7) is 7.21. The fraction of sp³-hybridized carbons (Fsp3) is 0.471. The molecular weight excluding hydrogens is 344 g/mol. The second kappa shape index (κ2) is 8.82. The van der Waals surface area contributed by atoms with Gasteiger partial charge in [0.15, 0.2) is 0 Å². The summed E-state index contributed by atoms with van der Waals surface area (Å²) in [5.74, 6) is -0.775. The first kappa shape index (κ1) is 20.9. The Bertz CT molecular complexity index is 635. The van der Waals surface area contributed by atoms with Crippen molar-refractivity contribution < 1.29 is 14.4 Å². The first-order valence-corrected chi connectivity index (χ1v) is 8.07. The minimum atomic E-state index is -1.14. The van der Waals surface area contributed by atoms with Gasteiger partial charge in [0.05, 0.1) is 0 Å². The van der Waals surface area contributed by atoms with Crippen molar-refractivity contribution in [3.63, 3.8) is 0 Å². The molecular formula is C17H25ClN4O3. The highest BCUT2D eigenvalue weighted by molar-refractivity contribution is 6.09. The maximum absolute atomic E-state index is 12.7. The lowest BCUT2D eigenvalue weighted by atomic mass is 9.91. The number of likely N-dealkylation sites (N-methyl/N-ethyl adjacent to an activating group) is 1. The minimum Gasteiger partial charge on any atom is -0.353 e. The molecule has 1 aromatic rings. The third kappa shape index (κ3) is 4.70. The lowest BCUT2D eigenvalue weighted by Crippen LogP contribution is -2.44. The molecule has 0 radical (unpaired) electrons. The molecule has 4 amide bonds. The van der Waals surface area contributed by atoms with Crippen molar-refractivity contribution in [2.75, 3.05) is 26.2 Å². The van der Waals surface area contributed by atoms with E-state index in [0.717, 1.165) is 17.0 Å². The number of amides is 4. The van der Waals surface area contributed by atoms with Crippen LogP contribution in [-0.4, -0.2) is 48.9 Å². The molecule has 1 aliphatic rings. The average molecular weight is 369 g/mol. The second-order valence-corrected chi connectivity index (χ2v) is 6.02. The number of carbonyl (C=O) groups excluding carboxylic acids is 3. The highest BCUT2D eigenvalue weighted by Crippen LogP contribution is 2.28. The van der Waals surface area contributed by atoms with Gasteiger partial charge in [-0.3, -0.25) is 14.5 Å². The predicted molar refractivity (Wildman–Crippen MR) is 97.6 cm³/mol. The van der Waals surface area contributed by atoms with Gasteiger partial charge in [-0.05, 0) is 26.0 Å². The number of aryl methyl sites for hydroxylation is 1. The normalized spacial score (nSPS) is 19.4. The van der Waals surface area contributed by atoms with Crippen LogP contribution in [0.25, 0.3) is 0 Å². The van der Waals surface area contributed by atoms with Gasteiger partial charge in [-0.2, -0.15) is 0 Å². The van der Waals surface area contributed by atoms with Gasteiger partial charge in [0.1, 0.15) is 12.1 Å². The number of hydrogen-bond donors (Lipinski definition) is 3. The van der Waals surface area contributed by atoms with E-state index in [2.05, 4.69) is 16.0 Å².